The number of hydrogen-bond donors (Lipinski definition) is 3. The smallest absolute Gasteiger partial charge is 0.339 e. The number of carboxylic acids is 2. The van der Waals surface area contributed by atoms with E-state index in [1.807, 2.05) is 0 Å². The van der Waals surface area contributed by atoms with Crippen LogP contribution in [0.25, 0.3) is 0 Å². The summed E-state index contributed by atoms with van der Waals surface area (Å²) >= 11 is 0. The summed E-state index contributed by atoms with van der Waals surface area (Å²) < 4.78 is 4.92. The van der Waals surface area contributed by atoms with E-state index in [2.05, 4.69) is 0 Å². The van der Waals surface area contributed by atoms with Crippen molar-refractivity contribution < 1.29 is 29.6 Å². The molecule has 1 aromatic carbocycles. The minimum atomic E-state index is -1.30. The highest BCUT2D eigenvalue weighted by Gasteiger charge is 2.28. The lowest BCUT2D eigenvalue weighted by molar-refractivity contribution is -0.138. The summed E-state index contributed by atoms with van der Waals surface area (Å²) in [6, 6.07) is 2.72. The molecule has 0 unspecified atom stereocenters. The fraction of sp³-hybridized carbons (Fsp3) is 0.385. The highest BCUT2D eigenvalue weighted by Crippen LogP contribution is 2.37. The first-order valence-corrected chi connectivity index (χ1v) is 5.55. The molecule has 0 bridgehead atoms. The Kier molecular flexibility index (Phi) is 4.04. The molecule has 6 heteroatoms. The average Bonchev–Trinajstić information content (AvgIpc) is 2.26. The molecule has 1 rings (SSSR count). The monoisotopic (exact) mass is 268 g/mol. The Balaban J connectivity index is 3.40. The van der Waals surface area contributed by atoms with E-state index in [9.17, 15) is 14.7 Å². The zero-order valence-corrected chi connectivity index (χ0v) is 10.9. The van der Waals surface area contributed by atoms with Gasteiger partial charge in [-0.1, -0.05) is 13.8 Å². The number of benzene rings is 1. The van der Waals surface area contributed by atoms with Crippen LogP contribution in [-0.4, -0.2) is 34.4 Å². The van der Waals surface area contributed by atoms with Gasteiger partial charge in [0, 0.05) is 5.41 Å². The number of phenols is 1. The first kappa shape index (κ1) is 14.8. The molecule has 3 N–H and O–H groups in total. The SMILES string of the molecule is COc1cc(C(C)(C)CC(=O)O)cc(C(=O)O)c1O. The van der Waals surface area contributed by atoms with Gasteiger partial charge in [-0.25, -0.2) is 4.79 Å². The molecule has 0 radical (unpaired) electrons. The van der Waals surface area contributed by atoms with Crippen molar-refractivity contribution >= 4 is 11.9 Å². The van der Waals surface area contributed by atoms with Crippen molar-refractivity contribution in [3.63, 3.8) is 0 Å². The third kappa shape index (κ3) is 3.15. The first-order chi connectivity index (χ1) is 8.69. The van der Waals surface area contributed by atoms with Crippen LogP contribution in [0, 0.1) is 0 Å². The number of aromatic hydroxyl groups is 1. The zero-order chi connectivity index (χ0) is 14.8. The Morgan fingerprint density at radius 1 is 1.26 bits per heavy atom. The molecule has 1 aromatic rings. The number of methoxy groups -OCH3 is 1. The average molecular weight is 268 g/mol. The molecule has 0 aliphatic rings. The number of hydrogen-bond acceptors (Lipinski definition) is 4. The van der Waals surface area contributed by atoms with E-state index < -0.39 is 23.1 Å². The van der Waals surface area contributed by atoms with E-state index in [1.165, 1.54) is 19.2 Å². The van der Waals surface area contributed by atoms with Crippen LogP contribution in [0.4, 0.5) is 0 Å². The molecule has 0 aliphatic carbocycles. The third-order valence-corrected chi connectivity index (χ3v) is 2.90. The van der Waals surface area contributed by atoms with E-state index in [0.717, 1.165) is 0 Å². The van der Waals surface area contributed by atoms with Crippen LogP contribution in [-0.2, 0) is 10.2 Å². The van der Waals surface area contributed by atoms with Crippen molar-refractivity contribution in [1.82, 2.24) is 0 Å². The summed E-state index contributed by atoms with van der Waals surface area (Å²) in [4.78, 5) is 21.9. The maximum atomic E-state index is 11.1. The van der Waals surface area contributed by atoms with Crippen molar-refractivity contribution in [2.24, 2.45) is 0 Å². The van der Waals surface area contributed by atoms with Gasteiger partial charge in [0.25, 0.3) is 0 Å². The van der Waals surface area contributed by atoms with E-state index in [1.54, 1.807) is 13.8 Å². The third-order valence-electron chi connectivity index (χ3n) is 2.90. The summed E-state index contributed by atoms with van der Waals surface area (Å²) in [6.45, 7) is 3.36. The zero-order valence-electron chi connectivity index (χ0n) is 10.9. The summed E-state index contributed by atoms with van der Waals surface area (Å²) in [6.07, 6.45) is -0.167. The van der Waals surface area contributed by atoms with Crippen LogP contribution < -0.4 is 4.74 Å². The Bertz CT molecular complexity index is 518. The quantitative estimate of drug-likeness (QED) is 0.752. The van der Waals surface area contributed by atoms with Crippen LogP contribution >= 0.6 is 0 Å². The second kappa shape index (κ2) is 5.17. The number of rotatable bonds is 5. The topological polar surface area (TPSA) is 104 Å². The van der Waals surface area contributed by atoms with Gasteiger partial charge in [0.1, 0.15) is 5.56 Å². The highest BCUT2D eigenvalue weighted by molar-refractivity contribution is 5.92. The van der Waals surface area contributed by atoms with Gasteiger partial charge in [0.05, 0.1) is 13.5 Å². The minimum absolute atomic E-state index is 0.00774. The minimum Gasteiger partial charge on any atom is -0.504 e. The largest absolute Gasteiger partial charge is 0.504 e. The number of ether oxygens (including phenoxy) is 1. The van der Waals surface area contributed by atoms with Crippen LogP contribution in [0.15, 0.2) is 12.1 Å². The van der Waals surface area contributed by atoms with E-state index >= 15 is 0 Å². The van der Waals surface area contributed by atoms with Crippen LogP contribution in [0.5, 0.6) is 11.5 Å². The molecule has 0 atom stereocenters. The van der Waals surface area contributed by atoms with Gasteiger partial charge in [0.2, 0.25) is 0 Å². The van der Waals surface area contributed by atoms with Crippen molar-refractivity contribution in [2.45, 2.75) is 25.7 Å². The van der Waals surface area contributed by atoms with Gasteiger partial charge < -0.3 is 20.1 Å². The molecule has 0 spiro atoms. The second-order valence-electron chi connectivity index (χ2n) is 4.83. The Hall–Kier alpha value is -2.24. The van der Waals surface area contributed by atoms with Crippen LogP contribution in [0.3, 0.4) is 0 Å². The summed E-state index contributed by atoms with van der Waals surface area (Å²) in [5.74, 6) is -2.75. The molecule has 0 saturated carbocycles. The van der Waals surface area contributed by atoms with Crippen molar-refractivity contribution in [3.8, 4) is 11.5 Å². The molecule has 0 aliphatic heterocycles. The molecular formula is C13H16O6. The fourth-order valence-electron chi connectivity index (χ4n) is 1.80. The van der Waals surface area contributed by atoms with E-state index in [4.69, 9.17) is 14.9 Å². The van der Waals surface area contributed by atoms with E-state index in [0.29, 0.717) is 5.56 Å². The molecule has 0 fully saturated rings. The highest BCUT2D eigenvalue weighted by atomic mass is 16.5. The number of carbonyl (C=O) groups is 2. The molecule has 0 aromatic heterocycles. The lowest BCUT2D eigenvalue weighted by atomic mass is 9.80. The fourth-order valence-corrected chi connectivity index (χ4v) is 1.80. The molecule has 6 nitrogen and oxygen atoms in total. The molecule has 0 amide bonds. The molecular weight excluding hydrogens is 252 g/mol. The Labute approximate surface area is 110 Å². The van der Waals surface area contributed by atoms with Crippen LogP contribution in [0.1, 0.15) is 36.2 Å². The van der Waals surface area contributed by atoms with Crippen molar-refractivity contribution in [2.75, 3.05) is 7.11 Å². The van der Waals surface area contributed by atoms with Crippen molar-refractivity contribution in [3.05, 3.63) is 23.3 Å². The molecule has 0 heterocycles. The van der Waals surface area contributed by atoms with Crippen molar-refractivity contribution in [1.29, 1.82) is 0 Å². The van der Waals surface area contributed by atoms with Gasteiger partial charge in [-0.15, -0.1) is 0 Å². The molecule has 104 valence electrons. The van der Waals surface area contributed by atoms with Gasteiger partial charge >= 0.3 is 11.9 Å². The maximum Gasteiger partial charge on any atom is 0.339 e. The Morgan fingerprint density at radius 2 is 1.84 bits per heavy atom. The number of carboxylic acid groups (broad SMARTS) is 2. The Morgan fingerprint density at radius 3 is 2.26 bits per heavy atom. The lowest BCUT2D eigenvalue weighted by Gasteiger charge is -2.24. The molecule has 19 heavy (non-hydrogen) atoms. The van der Waals surface area contributed by atoms with Crippen LogP contribution in [0.2, 0.25) is 0 Å². The predicted octanol–water partition coefficient (Wildman–Crippen LogP) is 1.85. The first-order valence-electron chi connectivity index (χ1n) is 5.55. The van der Waals surface area contributed by atoms with Gasteiger partial charge in [0.15, 0.2) is 11.5 Å². The lowest BCUT2D eigenvalue weighted by Crippen LogP contribution is -2.22. The standard InChI is InChI=1S/C13H16O6/c1-13(2,6-10(14)15)7-4-8(12(17)18)11(16)9(5-7)19-3/h4-5,16H,6H2,1-3H3,(H,14,15)(H,17,18). The summed E-state index contributed by atoms with van der Waals surface area (Å²) in [7, 11) is 1.30. The summed E-state index contributed by atoms with van der Waals surface area (Å²) in [5, 5.41) is 27.6. The maximum absolute atomic E-state index is 11.1. The van der Waals surface area contributed by atoms with Gasteiger partial charge in [-0.3, -0.25) is 4.79 Å². The normalized spacial score (nSPS) is 11.1. The van der Waals surface area contributed by atoms with Gasteiger partial charge in [-0.2, -0.15) is 0 Å². The number of aliphatic carboxylic acids is 1. The predicted molar refractivity (Wildman–Crippen MR) is 66.9 cm³/mol. The van der Waals surface area contributed by atoms with Gasteiger partial charge in [-0.05, 0) is 17.7 Å². The second-order valence-corrected chi connectivity index (χ2v) is 4.83. The number of aromatic carboxylic acids is 1. The summed E-state index contributed by atoms with van der Waals surface area (Å²) in [5.41, 5.74) is -0.619. The van der Waals surface area contributed by atoms with E-state index in [-0.39, 0.29) is 17.7 Å². The molecule has 0 saturated heterocycles.